The van der Waals surface area contributed by atoms with Gasteiger partial charge in [-0.2, -0.15) is 0 Å². The summed E-state index contributed by atoms with van der Waals surface area (Å²) in [4.78, 5) is 23.8. The Bertz CT molecular complexity index is 860. The number of carboxylic acid groups (broad SMARTS) is 1. The van der Waals surface area contributed by atoms with Gasteiger partial charge in [-0.05, 0) is 43.0 Å². The predicted octanol–water partition coefficient (Wildman–Crippen LogP) is 4.29. The van der Waals surface area contributed by atoms with Crippen LogP contribution in [0.1, 0.15) is 37.3 Å². The van der Waals surface area contributed by atoms with Gasteiger partial charge < -0.3 is 10.4 Å². The van der Waals surface area contributed by atoms with Crippen LogP contribution in [-0.2, 0) is 21.4 Å². The van der Waals surface area contributed by atoms with Crippen LogP contribution < -0.4 is 5.32 Å². The second-order valence-corrected chi connectivity index (χ2v) is 7.15. The van der Waals surface area contributed by atoms with Gasteiger partial charge >= 0.3 is 5.97 Å². The van der Waals surface area contributed by atoms with Crippen LogP contribution in [0.5, 0.6) is 0 Å². The fraction of sp³-hybridized carbons (Fsp3) is 0.333. The Labute approximate surface area is 156 Å². The Morgan fingerprint density at radius 3 is 2.33 bits per heavy atom. The molecule has 0 heterocycles. The van der Waals surface area contributed by atoms with Gasteiger partial charge in [0.15, 0.2) is 0 Å². The fourth-order valence-corrected chi connectivity index (χ4v) is 3.44. The van der Waals surface area contributed by atoms with Gasteiger partial charge in [-0.1, -0.05) is 31.5 Å². The van der Waals surface area contributed by atoms with Crippen molar-refractivity contribution in [2.24, 2.45) is 5.92 Å². The highest BCUT2D eigenvalue weighted by molar-refractivity contribution is 6.00. The van der Waals surface area contributed by atoms with Gasteiger partial charge in [0.25, 0.3) is 0 Å². The molecular formula is C21H21F2NO3. The molecule has 0 aliphatic heterocycles. The van der Waals surface area contributed by atoms with E-state index < -0.39 is 28.9 Å². The second-order valence-electron chi connectivity index (χ2n) is 7.15. The van der Waals surface area contributed by atoms with Crippen molar-refractivity contribution in [2.75, 3.05) is 5.32 Å². The minimum atomic E-state index is -0.978. The molecular weight excluding hydrogens is 352 g/mol. The normalized spacial score (nSPS) is 16.3. The monoisotopic (exact) mass is 373 g/mol. The molecule has 2 aromatic rings. The molecule has 142 valence electrons. The first kappa shape index (κ1) is 19.0. The van der Waals surface area contributed by atoms with Gasteiger partial charge in [0.1, 0.15) is 11.6 Å². The molecule has 6 heteroatoms. The van der Waals surface area contributed by atoms with E-state index >= 15 is 0 Å². The topological polar surface area (TPSA) is 66.4 Å². The summed E-state index contributed by atoms with van der Waals surface area (Å²) in [6, 6.07) is 10.3. The number of benzene rings is 2. The largest absolute Gasteiger partial charge is 0.481 e. The number of amides is 1. The lowest BCUT2D eigenvalue weighted by Crippen LogP contribution is -2.46. The van der Waals surface area contributed by atoms with Crippen molar-refractivity contribution >= 4 is 17.6 Å². The van der Waals surface area contributed by atoms with E-state index in [1.54, 1.807) is 31.2 Å². The number of aliphatic carboxylic acids is 1. The van der Waals surface area contributed by atoms with E-state index in [1.165, 1.54) is 12.1 Å². The number of hydrogen-bond donors (Lipinski definition) is 2. The lowest BCUT2D eigenvalue weighted by Gasteiger charge is -2.40. The van der Waals surface area contributed by atoms with Gasteiger partial charge in [0, 0.05) is 17.3 Å². The average Bonchev–Trinajstić information content (AvgIpc) is 2.57. The first-order valence-corrected chi connectivity index (χ1v) is 8.90. The van der Waals surface area contributed by atoms with E-state index in [1.807, 2.05) is 0 Å². The van der Waals surface area contributed by atoms with Crippen LogP contribution >= 0.6 is 0 Å². The Hall–Kier alpha value is -2.76. The highest BCUT2D eigenvalue weighted by atomic mass is 19.1. The summed E-state index contributed by atoms with van der Waals surface area (Å²) < 4.78 is 27.4. The summed E-state index contributed by atoms with van der Waals surface area (Å²) in [5.41, 5.74) is 0.653. The smallest absolute Gasteiger partial charge is 0.306 e. The summed E-state index contributed by atoms with van der Waals surface area (Å²) >= 11 is 0. The second kappa shape index (κ2) is 7.47. The van der Waals surface area contributed by atoms with Crippen molar-refractivity contribution < 1.29 is 23.5 Å². The number of anilines is 1. The number of carbonyl (C=O) groups is 2. The minimum Gasteiger partial charge on any atom is -0.481 e. The number of nitrogens with one attached hydrogen (secondary N) is 1. The SMILES string of the molecule is CC(Cc1ccc(NC(=O)C2(c3ccc(F)cc3F)CCC2)cc1)C(=O)O. The summed E-state index contributed by atoms with van der Waals surface area (Å²) in [7, 11) is 0. The predicted molar refractivity (Wildman–Crippen MR) is 97.5 cm³/mol. The molecule has 1 fully saturated rings. The molecule has 4 nitrogen and oxygen atoms in total. The lowest BCUT2D eigenvalue weighted by molar-refractivity contribution is -0.141. The fourth-order valence-electron chi connectivity index (χ4n) is 3.44. The van der Waals surface area contributed by atoms with Gasteiger partial charge in [-0.3, -0.25) is 9.59 Å². The molecule has 3 rings (SSSR count). The van der Waals surface area contributed by atoms with Crippen LogP contribution in [0.25, 0.3) is 0 Å². The highest BCUT2D eigenvalue weighted by Gasteiger charge is 2.47. The lowest BCUT2D eigenvalue weighted by atomic mass is 9.63. The number of halogens is 2. The van der Waals surface area contributed by atoms with Gasteiger partial charge in [-0.25, -0.2) is 8.78 Å². The molecule has 1 atom stereocenters. The van der Waals surface area contributed by atoms with Crippen LogP contribution in [0.3, 0.4) is 0 Å². The molecule has 0 spiro atoms. The molecule has 0 saturated heterocycles. The van der Waals surface area contributed by atoms with E-state index in [-0.39, 0.29) is 11.5 Å². The molecule has 1 unspecified atom stereocenters. The molecule has 0 aromatic heterocycles. The van der Waals surface area contributed by atoms with Crippen LogP contribution in [0, 0.1) is 17.6 Å². The van der Waals surface area contributed by atoms with E-state index in [0.717, 1.165) is 18.1 Å². The average molecular weight is 373 g/mol. The van der Waals surface area contributed by atoms with Crippen LogP contribution in [-0.4, -0.2) is 17.0 Å². The van der Waals surface area contributed by atoms with Crippen LogP contribution in [0.4, 0.5) is 14.5 Å². The molecule has 2 aromatic carbocycles. The van der Waals surface area contributed by atoms with Crippen molar-refractivity contribution in [3.05, 3.63) is 65.2 Å². The van der Waals surface area contributed by atoms with E-state index in [9.17, 15) is 18.4 Å². The number of hydrogen-bond acceptors (Lipinski definition) is 2. The highest BCUT2D eigenvalue weighted by Crippen LogP contribution is 2.45. The van der Waals surface area contributed by atoms with Crippen molar-refractivity contribution in [1.82, 2.24) is 0 Å². The summed E-state index contributed by atoms with van der Waals surface area (Å²) in [6.07, 6.45) is 2.22. The Kier molecular flexibility index (Phi) is 5.26. The Morgan fingerprint density at radius 2 is 1.81 bits per heavy atom. The van der Waals surface area contributed by atoms with Crippen molar-refractivity contribution in [2.45, 2.75) is 38.0 Å². The Balaban J connectivity index is 1.75. The molecule has 1 saturated carbocycles. The standard InChI is InChI=1S/C21H21F2NO3/c1-13(19(25)26)11-14-3-6-16(7-4-14)24-20(27)21(9-2-10-21)17-8-5-15(22)12-18(17)23/h3-8,12-13H,2,9-11H2,1H3,(H,24,27)(H,25,26). The van der Waals surface area contributed by atoms with Gasteiger partial charge in [0.2, 0.25) is 5.91 Å². The van der Waals surface area contributed by atoms with Crippen LogP contribution in [0.15, 0.2) is 42.5 Å². The number of rotatable bonds is 6. The van der Waals surface area contributed by atoms with Gasteiger partial charge in [0.05, 0.1) is 11.3 Å². The number of carboxylic acids is 1. The van der Waals surface area contributed by atoms with E-state index in [2.05, 4.69) is 5.32 Å². The van der Waals surface area contributed by atoms with Crippen molar-refractivity contribution in [3.8, 4) is 0 Å². The Morgan fingerprint density at radius 1 is 1.15 bits per heavy atom. The molecule has 1 amide bonds. The number of carbonyl (C=O) groups excluding carboxylic acids is 1. The van der Waals surface area contributed by atoms with Crippen molar-refractivity contribution in [3.63, 3.8) is 0 Å². The summed E-state index contributed by atoms with van der Waals surface area (Å²) in [6.45, 7) is 1.63. The maximum atomic E-state index is 14.2. The zero-order valence-corrected chi connectivity index (χ0v) is 15.0. The molecule has 0 bridgehead atoms. The maximum absolute atomic E-state index is 14.2. The molecule has 27 heavy (non-hydrogen) atoms. The summed E-state index contributed by atoms with van der Waals surface area (Å²) in [5, 5.41) is 11.8. The molecule has 2 N–H and O–H groups in total. The third kappa shape index (κ3) is 3.84. The van der Waals surface area contributed by atoms with Gasteiger partial charge in [-0.15, -0.1) is 0 Å². The zero-order chi connectivity index (χ0) is 19.6. The first-order chi connectivity index (χ1) is 12.8. The molecule has 1 aliphatic carbocycles. The zero-order valence-electron chi connectivity index (χ0n) is 15.0. The first-order valence-electron chi connectivity index (χ1n) is 8.90. The maximum Gasteiger partial charge on any atom is 0.306 e. The molecule has 1 aliphatic rings. The van der Waals surface area contributed by atoms with E-state index in [0.29, 0.717) is 24.9 Å². The minimum absolute atomic E-state index is 0.222. The quantitative estimate of drug-likeness (QED) is 0.794. The summed E-state index contributed by atoms with van der Waals surface area (Å²) in [5.74, 6) is -3.04. The van der Waals surface area contributed by atoms with E-state index in [4.69, 9.17) is 5.11 Å². The van der Waals surface area contributed by atoms with Crippen molar-refractivity contribution in [1.29, 1.82) is 0 Å². The van der Waals surface area contributed by atoms with Crippen LogP contribution in [0.2, 0.25) is 0 Å². The molecule has 0 radical (unpaired) electrons. The third-order valence-electron chi connectivity index (χ3n) is 5.26. The third-order valence-corrected chi connectivity index (χ3v) is 5.26.